The van der Waals surface area contributed by atoms with Crippen molar-refractivity contribution in [2.75, 3.05) is 13.7 Å². The van der Waals surface area contributed by atoms with Crippen molar-refractivity contribution in [3.05, 3.63) is 48.2 Å². The Bertz CT molecular complexity index is 377. The van der Waals surface area contributed by atoms with Crippen LogP contribution in [0.15, 0.2) is 42.7 Å². The van der Waals surface area contributed by atoms with E-state index < -0.39 is 6.10 Å². The molecule has 18 heavy (non-hydrogen) atoms. The zero-order valence-corrected chi connectivity index (χ0v) is 10.4. The van der Waals surface area contributed by atoms with E-state index in [1.54, 1.807) is 19.4 Å². The van der Waals surface area contributed by atoms with Gasteiger partial charge in [0, 0.05) is 7.11 Å². The summed E-state index contributed by atoms with van der Waals surface area (Å²) in [6, 6.07) is 9.89. The van der Waals surface area contributed by atoms with Gasteiger partial charge in [0.15, 0.2) is 0 Å². The predicted octanol–water partition coefficient (Wildman–Crippen LogP) is 1.49. The molecule has 1 aromatic carbocycles. The lowest BCUT2D eigenvalue weighted by molar-refractivity contribution is -0.104. The van der Waals surface area contributed by atoms with Crippen molar-refractivity contribution in [3.8, 4) is 0 Å². The average molecular weight is 250 g/mol. The number of aliphatic hydroxyl groups excluding tert-OH is 1. The van der Waals surface area contributed by atoms with Gasteiger partial charge in [-0.1, -0.05) is 30.3 Å². The van der Waals surface area contributed by atoms with Gasteiger partial charge in [-0.05, 0) is 11.6 Å². The molecule has 4 heteroatoms. The van der Waals surface area contributed by atoms with Gasteiger partial charge >= 0.3 is 0 Å². The Hall–Kier alpha value is -1.36. The molecule has 1 N–H and O–H groups in total. The standard InChI is InChI=1S/C14H18O4/c1-16-12-7-8-18-13(14(12)15)10-17-9-11-5-3-2-4-6-11/h2-8,12-15H,9-10H2,1H3/t12-,13+,14+/m0/s1. The van der Waals surface area contributed by atoms with Crippen LogP contribution in [0.3, 0.4) is 0 Å². The predicted molar refractivity (Wildman–Crippen MR) is 66.9 cm³/mol. The lowest BCUT2D eigenvalue weighted by atomic mass is 10.1. The van der Waals surface area contributed by atoms with E-state index in [0.717, 1.165) is 5.56 Å². The number of benzene rings is 1. The highest BCUT2D eigenvalue weighted by atomic mass is 16.5. The quantitative estimate of drug-likeness (QED) is 0.860. The molecule has 0 bridgehead atoms. The van der Waals surface area contributed by atoms with Crippen LogP contribution in [-0.2, 0) is 20.8 Å². The van der Waals surface area contributed by atoms with Crippen LogP contribution in [0.4, 0.5) is 0 Å². The van der Waals surface area contributed by atoms with Crippen LogP contribution < -0.4 is 0 Å². The molecule has 0 fully saturated rings. The molecule has 0 aromatic heterocycles. The summed E-state index contributed by atoms with van der Waals surface area (Å²) in [6.45, 7) is 0.842. The second-order valence-electron chi connectivity index (χ2n) is 4.19. The van der Waals surface area contributed by atoms with Crippen LogP contribution in [0.25, 0.3) is 0 Å². The molecule has 3 atom stereocenters. The number of hydrogen-bond acceptors (Lipinski definition) is 4. The molecule has 1 heterocycles. The number of ether oxygens (including phenoxy) is 3. The number of rotatable bonds is 5. The van der Waals surface area contributed by atoms with Gasteiger partial charge in [-0.25, -0.2) is 0 Å². The number of hydrogen-bond donors (Lipinski definition) is 1. The van der Waals surface area contributed by atoms with E-state index in [0.29, 0.717) is 13.2 Å². The van der Waals surface area contributed by atoms with E-state index >= 15 is 0 Å². The first-order chi connectivity index (χ1) is 8.81. The maximum atomic E-state index is 9.94. The van der Waals surface area contributed by atoms with Crippen molar-refractivity contribution >= 4 is 0 Å². The monoisotopic (exact) mass is 250 g/mol. The van der Waals surface area contributed by atoms with Crippen LogP contribution in [-0.4, -0.2) is 37.1 Å². The van der Waals surface area contributed by atoms with Gasteiger partial charge in [0.25, 0.3) is 0 Å². The van der Waals surface area contributed by atoms with Crippen molar-refractivity contribution in [3.63, 3.8) is 0 Å². The minimum absolute atomic E-state index is 0.330. The minimum Gasteiger partial charge on any atom is -0.493 e. The number of aliphatic hydroxyl groups is 1. The highest BCUT2D eigenvalue weighted by Gasteiger charge is 2.30. The molecular formula is C14H18O4. The summed E-state index contributed by atoms with van der Waals surface area (Å²) in [5, 5.41) is 9.94. The zero-order valence-electron chi connectivity index (χ0n) is 10.4. The smallest absolute Gasteiger partial charge is 0.150 e. The highest BCUT2D eigenvalue weighted by Crippen LogP contribution is 2.15. The van der Waals surface area contributed by atoms with E-state index in [1.807, 2.05) is 30.3 Å². The summed E-state index contributed by atoms with van der Waals surface area (Å²) in [5.41, 5.74) is 1.10. The fraction of sp³-hybridized carbons (Fsp3) is 0.429. The average Bonchev–Trinajstić information content (AvgIpc) is 2.42. The summed E-state index contributed by atoms with van der Waals surface area (Å²) in [5.74, 6) is 0. The molecule has 0 spiro atoms. The van der Waals surface area contributed by atoms with Gasteiger partial charge in [0.05, 0.1) is 19.5 Å². The highest BCUT2D eigenvalue weighted by molar-refractivity contribution is 5.13. The summed E-state index contributed by atoms with van der Waals surface area (Å²) in [4.78, 5) is 0. The fourth-order valence-electron chi connectivity index (χ4n) is 1.85. The van der Waals surface area contributed by atoms with Crippen molar-refractivity contribution in [2.24, 2.45) is 0 Å². The third-order valence-corrected chi connectivity index (χ3v) is 2.90. The van der Waals surface area contributed by atoms with Gasteiger partial charge in [-0.15, -0.1) is 0 Å². The zero-order chi connectivity index (χ0) is 12.8. The first-order valence-corrected chi connectivity index (χ1v) is 5.96. The minimum atomic E-state index is -0.698. The molecule has 1 aliphatic rings. The summed E-state index contributed by atoms with van der Waals surface area (Å²) in [6.07, 6.45) is 1.83. The van der Waals surface area contributed by atoms with Crippen LogP contribution >= 0.6 is 0 Å². The maximum Gasteiger partial charge on any atom is 0.150 e. The van der Waals surface area contributed by atoms with Crippen molar-refractivity contribution < 1.29 is 19.3 Å². The van der Waals surface area contributed by atoms with Gasteiger partial charge in [0.1, 0.15) is 18.3 Å². The first-order valence-electron chi connectivity index (χ1n) is 5.96. The van der Waals surface area contributed by atoms with Crippen LogP contribution in [0.5, 0.6) is 0 Å². The Balaban J connectivity index is 1.78. The Kier molecular flexibility index (Phi) is 4.75. The van der Waals surface area contributed by atoms with Crippen molar-refractivity contribution in [1.29, 1.82) is 0 Å². The van der Waals surface area contributed by atoms with Gasteiger partial charge < -0.3 is 19.3 Å². The summed E-state index contributed by atoms with van der Waals surface area (Å²) >= 11 is 0. The summed E-state index contributed by atoms with van der Waals surface area (Å²) < 4.78 is 16.0. The molecule has 4 nitrogen and oxygen atoms in total. The molecule has 0 radical (unpaired) electrons. The molecule has 0 aliphatic carbocycles. The first kappa shape index (κ1) is 13.1. The van der Waals surface area contributed by atoms with Crippen molar-refractivity contribution in [2.45, 2.75) is 24.9 Å². The SMILES string of the molecule is CO[C@H]1C=CO[C@H](COCc2ccccc2)[C@@H]1O. The summed E-state index contributed by atoms with van der Waals surface area (Å²) in [7, 11) is 1.56. The van der Waals surface area contributed by atoms with Gasteiger partial charge in [0.2, 0.25) is 0 Å². The Morgan fingerprint density at radius 3 is 2.78 bits per heavy atom. The van der Waals surface area contributed by atoms with Gasteiger partial charge in [-0.3, -0.25) is 0 Å². The van der Waals surface area contributed by atoms with E-state index in [9.17, 15) is 5.11 Å². The van der Waals surface area contributed by atoms with Crippen LogP contribution in [0, 0.1) is 0 Å². The molecule has 0 saturated heterocycles. The van der Waals surface area contributed by atoms with Crippen LogP contribution in [0.2, 0.25) is 0 Å². The van der Waals surface area contributed by atoms with Gasteiger partial charge in [-0.2, -0.15) is 0 Å². The fourth-order valence-corrected chi connectivity index (χ4v) is 1.85. The Morgan fingerprint density at radius 2 is 2.06 bits per heavy atom. The molecule has 0 unspecified atom stereocenters. The molecule has 1 aliphatic heterocycles. The van der Waals surface area contributed by atoms with Crippen LogP contribution in [0.1, 0.15) is 5.56 Å². The Labute approximate surface area is 107 Å². The van der Waals surface area contributed by atoms with E-state index in [2.05, 4.69) is 0 Å². The molecule has 0 amide bonds. The third-order valence-electron chi connectivity index (χ3n) is 2.90. The second-order valence-corrected chi connectivity index (χ2v) is 4.19. The number of methoxy groups -OCH3 is 1. The second kappa shape index (κ2) is 6.54. The normalized spacial score (nSPS) is 26.9. The van der Waals surface area contributed by atoms with E-state index in [1.165, 1.54) is 0 Å². The molecule has 0 saturated carbocycles. The topological polar surface area (TPSA) is 47.9 Å². The Morgan fingerprint density at radius 1 is 1.28 bits per heavy atom. The van der Waals surface area contributed by atoms with Crippen molar-refractivity contribution in [1.82, 2.24) is 0 Å². The third kappa shape index (κ3) is 3.32. The largest absolute Gasteiger partial charge is 0.493 e. The van der Waals surface area contributed by atoms with E-state index in [4.69, 9.17) is 14.2 Å². The van der Waals surface area contributed by atoms with E-state index in [-0.39, 0.29) is 12.2 Å². The lowest BCUT2D eigenvalue weighted by Gasteiger charge is -2.30. The molecule has 98 valence electrons. The molecule has 2 rings (SSSR count). The molecule has 1 aromatic rings. The lowest BCUT2D eigenvalue weighted by Crippen LogP contribution is -2.43. The molecular weight excluding hydrogens is 232 g/mol. The maximum absolute atomic E-state index is 9.94.